The van der Waals surface area contributed by atoms with Gasteiger partial charge >= 0.3 is 0 Å². The predicted molar refractivity (Wildman–Crippen MR) is 113 cm³/mol. The summed E-state index contributed by atoms with van der Waals surface area (Å²) < 4.78 is 0.778. The zero-order chi connectivity index (χ0) is 18.9. The number of benzene rings is 2. The highest BCUT2D eigenvalue weighted by Crippen LogP contribution is 2.27. The lowest BCUT2D eigenvalue weighted by molar-refractivity contribution is -0.119. The predicted octanol–water partition coefficient (Wildman–Crippen LogP) is 4.51. The highest BCUT2D eigenvalue weighted by molar-refractivity contribution is 8.01. The van der Waals surface area contributed by atoms with Crippen molar-refractivity contribution in [3.05, 3.63) is 66.2 Å². The van der Waals surface area contributed by atoms with Gasteiger partial charge in [-0.1, -0.05) is 71.6 Å². The number of nitrogens with zero attached hydrogens (tertiary/aromatic N) is 2. The molecule has 140 valence electrons. The van der Waals surface area contributed by atoms with E-state index in [1.807, 2.05) is 55.5 Å². The Morgan fingerprint density at radius 3 is 2.52 bits per heavy atom. The van der Waals surface area contributed by atoms with Crippen molar-refractivity contribution in [3.8, 4) is 0 Å². The normalized spacial score (nSPS) is 11.7. The Hall–Kier alpha value is -2.38. The first-order valence-corrected chi connectivity index (χ1v) is 10.6. The molecule has 2 N–H and O–H groups in total. The zero-order valence-corrected chi connectivity index (χ0v) is 16.7. The number of aryl methyl sites for hydroxylation is 1. The van der Waals surface area contributed by atoms with Crippen molar-refractivity contribution in [2.45, 2.75) is 30.1 Å². The Bertz CT molecular complexity index is 839. The third-order valence-electron chi connectivity index (χ3n) is 3.87. The molecular formula is C20H22N4OS2. The van der Waals surface area contributed by atoms with Crippen LogP contribution in [0, 0.1) is 0 Å². The molecule has 0 bridgehead atoms. The van der Waals surface area contributed by atoms with Gasteiger partial charge in [0.2, 0.25) is 11.0 Å². The number of anilines is 2. The van der Waals surface area contributed by atoms with Gasteiger partial charge in [-0.15, -0.1) is 10.2 Å². The fourth-order valence-electron chi connectivity index (χ4n) is 2.51. The van der Waals surface area contributed by atoms with Gasteiger partial charge < -0.3 is 10.6 Å². The molecule has 2 aromatic carbocycles. The summed E-state index contributed by atoms with van der Waals surface area (Å²) in [6, 6.07) is 20.3. The van der Waals surface area contributed by atoms with Crippen molar-refractivity contribution in [2.24, 2.45) is 0 Å². The lowest BCUT2D eigenvalue weighted by Crippen LogP contribution is -2.34. The SMILES string of the molecule is C[C@@H](CCc1ccccc1)NC(=O)CSc1nnc(Nc2ccccc2)s1. The maximum atomic E-state index is 12.1. The van der Waals surface area contributed by atoms with Crippen LogP contribution in [-0.4, -0.2) is 27.9 Å². The van der Waals surface area contributed by atoms with Crippen LogP contribution in [0.1, 0.15) is 18.9 Å². The van der Waals surface area contributed by atoms with E-state index in [-0.39, 0.29) is 11.9 Å². The van der Waals surface area contributed by atoms with E-state index in [0.717, 1.165) is 28.0 Å². The minimum absolute atomic E-state index is 0.0216. The number of hydrogen-bond donors (Lipinski definition) is 2. The fourth-order valence-corrected chi connectivity index (χ4v) is 4.09. The monoisotopic (exact) mass is 398 g/mol. The third kappa shape index (κ3) is 6.69. The number of rotatable bonds is 9. The van der Waals surface area contributed by atoms with E-state index in [2.05, 4.69) is 33.0 Å². The number of carbonyl (C=O) groups excluding carboxylic acids is 1. The Morgan fingerprint density at radius 1 is 1.07 bits per heavy atom. The number of hydrogen-bond acceptors (Lipinski definition) is 6. The molecule has 0 saturated heterocycles. The maximum absolute atomic E-state index is 12.1. The first kappa shape index (κ1) is 19.4. The summed E-state index contributed by atoms with van der Waals surface area (Å²) in [7, 11) is 0. The third-order valence-corrected chi connectivity index (χ3v) is 5.85. The number of thioether (sulfide) groups is 1. The zero-order valence-electron chi connectivity index (χ0n) is 15.1. The first-order valence-electron chi connectivity index (χ1n) is 8.81. The maximum Gasteiger partial charge on any atom is 0.230 e. The lowest BCUT2D eigenvalue weighted by atomic mass is 10.1. The van der Waals surface area contributed by atoms with Gasteiger partial charge in [-0.25, -0.2) is 0 Å². The molecule has 3 aromatic rings. The first-order chi connectivity index (χ1) is 13.2. The van der Waals surface area contributed by atoms with E-state index in [1.54, 1.807) is 0 Å². The van der Waals surface area contributed by atoms with E-state index in [1.165, 1.54) is 28.7 Å². The Morgan fingerprint density at radius 2 is 1.78 bits per heavy atom. The molecule has 5 nitrogen and oxygen atoms in total. The van der Waals surface area contributed by atoms with Crippen LogP contribution in [0.4, 0.5) is 10.8 Å². The van der Waals surface area contributed by atoms with Crippen LogP contribution in [0.15, 0.2) is 65.0 Å². The molecule has 1 heterocycles. The quantitative estimate of drug-likeness (QED) is 0.519. The Kier molecular flexibility index (Phi) is 7.24. The van der Waals surface area contributed by atoms with Crippen molar-refractivity contribution < 1.29 is 4.79 Å². The number of amides is 1. The summed E-state index contributed by atoms with van der Waals surface area (Å²) >= 11 is 2.85. The van der Waals surface area contributed by atoms with Gasteiger partial charge in [-0.3, -0.25) is 4.79 Å². The van der Waals surface area contributed by atoms with Gasteiger partial charge in [0.15, 0.2) is 4.34 Å². The van der Waals surface area contributed by atoms with E-state index >= 15 is 0 Å². The average Bonchev–Trinajstić information content (AvgIpc) is 3.14. The molecule has 27 heavy (non-hydrogen) atoms. The highest BCUT2D eigenvalue weighted by atomic mass is 32.2. The van der Waals surface area contributed by atoms with Gasteiger partial charge in [0.05, 0.1) is 5.75 Å². The van der Waals surface area contributed by atoms with Gasteiger partial charge in [-0.2, -0.15) is 0 Å². The van der Waals surface area contributed by atoms with Crippen LogP contribution < -0.4 is 10.6 Å². The van der Waals surface area contributed by atoms with Crippen molar-refractivity contribution in [1.82, 2.24) is 15.5 Å². The molecular weight excluding hydrogens is 376 g/mol. The van der Waals surface area contributed by atoms with Crippen molar-refractivity contribution in [3.63, 3.8) is 0 Å². The summed E-state index contributed by atoms with van der Waals surface area (Å²) in [5, 5.41) is 15.2. The summed E-state index contributed by atoms with van der Waals surface area (Å²) in [6.07, 6.45) is 1.88. The molecule has 7 heteroatoms. The molecule has 0 aliphatic rings. The topological polar surface area (TPSA) is 66.9 Å². The fraction of sp³-hybridized carbons (Fsp3) is 0.250. The molecule has 0 spiro atoms. The standard InChI is InChI=1S/C20H22N4OS2/c1-15(12-13-16-8-4-2-5-9-16)21-18(25)14-26-20-24-23-19(27-20)22-17-10-6-3-7-11-17/h2-11,15H,12-14H2,1H3,(H,21,25)(H,22,23)/t15-/m0/s1. The number of nitrogens with one attached hydrogen (secondary N) is 2. The molecule has 0 radical (unpaired) electrons. The van der Waals surface area contributed by atoms with E-state index < -0.39 is 0 Å². The molecule has 1 amide bonds. The van der Waals surface area contributed by atoms with Crippen molar-refractivity contribution in [1.29, 1.82) is 0 Å². The summed E-state index contributed by atoms with van der Waals surface area (Å²) in [6.45, 7) is 2.04. The van der Waals surface area contributed by atoms with E-state index in [9.17, 15) is 4.79 Å². The highest BCUT2D eigenvalue weighted by Gasteiger charge is 2.11. The molecule has 0 fully saturated rings. The van der Waals surface area contributed by atoms with Crippen molar-refractivity contribution >= 4 is 39.8 Å². The second-order valence-corrected chi connectivity index (χ2v) is 8.35. The smallest absolute Gasteiger partial charge is 0.230 e. The van der Waals surface area contributed by atoms with Crippen LogP contribution in [0.25, 0.3) is 0 Å². The lowest BCUT2D eigenvalue weighted by Gasteiger charge is -2.13. The average molecular weight is 399 g/mol. The largest absolute Gasteiger partial charge is 0.353 e. The van der Waals surface area contributed by atoms with Gasteiger partial charge in [0.1, 0.15) is 0 Å². The summed E-state index contributed by atoms with van der Waals surface area (Å²) in [4.78, 5) is 12.1. The Labute approximate surface area is 167 Å². The van der Waals surface area contributed by atoms with Crippen LogP contribution >= 0.6 is 23.1 Å². The minimum atomic E-state index is 0.0216. The number of para-hydroxylation sites is 1. The van der Waals surface area contributed by atoms with Crippen LogP contribution in [-0.2, 0) is 11.2 Å². The molecule has 0 unspecified atom stereocenters. The van der Waals surface area contributed by atoms with Gasteiger partial charge in [0, 0.05) is 11.7 Å². The number of carbonyl (C=O) groups is 1. The summed E-state index contributed by atoms with van der Waals surface area (Å²) in [5.74, 6) is 0.365. The van der Waals surface area contributed by atoms with Gasteiger partial charge in [0.25, 0.3) is 0 Å². The molecule has 1 aromatic heterocycles. The molecule has 0 saturated carbocycles. The number of aromatic nitrogens is 2. The van der Waals surface area contributed by atoms with E-state index in [4.69, 9.17) is 0 Å². The molecule has 0 aliphatic carbocycles. The van der Waals surface area contributed by atoms with Crippen LogP contribution in [0.2, 0.25) is 0 Å². The second-order valence-electron chi connectivity index (χ2n) is 6.15. The van der Waals surface area contributed by atoms with Crippen LogP contribution in [0.3, 0.4) is 0 Å². The Balaban J connectivity index is 1.38. The van der Waals surface area contributed by atoms with Gasteiger partial charge in [-0.05, 0) is 37.5 Å². The van der Waals surface area contributed by atoms with E-state index in [0.29, 0.717) is 5.75 Å². The second kappa shape index (κ2) is 10.1. The molecule has 1 atom stereocenters. The molecule has 3 rings (SSSR count). The van der Waals surface area contributed by atoms with Crippen molar-refractivity contribution in [2.75, 3.05) is 11.1 Å². The molecule has 0 aliphatic heterocycles. The van der Waals surface area contributed by atoms with Crippen LogP contribution in [0.5, 0.6) is 0 Å². The minimum Gasteiger partial charge on any atom is -0.353 e. The summed E-state index contributed by atoms with van der Waals surface area (Å²) in [5.41, 5.74) is 2.26.